The van der Waals surface area contributed by atoms with Gasteiger partial charge >= 0.3 is 12.1 Å². The zero-order valence-electron chi connectivity index (χ0n) is 15.2. The van der Waals surface area contributed by atoms with Gasteiger partial charge in [0, 0.05) is 13.0 Å². The van der Waals surface area contributed by atoms with Gasteiger partial charge in [0.15, 0.2) is 0 Å². The van der Waals surface area contributed by atoms with Crippen molar-refractivity contribution in [2.75, 3.05) is 6.54 Å². The third kappa shape index (κ3) is 5.61. The Bertz CT molecular complexity index is 468. The molecule has 1 aliphatic rings. The number of amides is 1. The van der Waals surface area contributed by atoms with Crippen LogP contribution in [0.2, 0.25) is 0 Å². The molecule has 4 atom stereocenters. The molecule has 1 amide bonds. The molecule has 0 saturated carbocycles. The van der Waals surface area contributed by atoms with Crippen LogP contribution >= 0.6 is 0 Å². The molecule has 1 heterocycles. The van der Waals surface area contributed by atoms with Gasteiger partial charge in [-0.05, 0) is 26.2 Å². The van der Waals surface area contributed by atoms with Crippen LogP contribution in [-0.4, -0.2) is 68.8 Å². The molecule has 140 valence electrons. The predicted molar refractivity (Wildman–Crippen MR) is 87.4 cm³/mol. The molecule has 1 fully saturated rings. The van der Waals surface area contributed by atoms with Crippen LogP contribution in [0.3, 0.4) is 0 Å². The van der Waals surface area contributed by atoms with E-state index < -0.39 is 47.5 Å². The first-order valence-electron chi connectivity index (χ1n) is 8.06. The van der Waals surface area contributed by atoms with E-state index in [0.29, 0.717) is 0 Å². The number of aliphatic hydroxyl groups excluding tert-OH is 2. The molecule has 0 aromatic carbocycles. The number of ether oxygens (including phenoxy) is 1. The lowest BCUT2D eigenvalue weighted by atomic mass is 9.85. The normalized spacial score (nSPS) is 25.2. The third-order valence-corrected chi connectivity index (χ3v) is 3.85. The van der Waals surface area contributed by atoms with Crippen molar-refractivity contribution in [3.8, 4) is 0 Å². The van der Waals surface area contributed by atoms with E-state index in [1.807, 2.05) is 20.8 Å². The summed E-state index contributed by atoms with van der Waals surface area (Å²) in [6.07, 6.45) is -2.75. The van der Waals surface area contributed by atoms with Gasteiger partial charge in [0.05, 0.1) is 12.1 Å². The number of aliphatic hydroxyl groups is 2. The smallest absolute Gasteiger partial charge is 0.408 e. The summed E-state index contributed by atoms with van der Waals surface area (Å²) in [7, 11) is 0. The highest BCUT2D eigenvalue weighted by Gasteiger charge is 2.45. The number of rotatable bonds is 4. The first kappa shape index (κ1) is 20.7. The maximum Gasteiger partial charge on any atom is 0.408 e. The number of carboxylic acids is 1. The molecule has 0 aromatic rings. The van der Waals surface area contributed by atoms with Crippen LogP contribution in [0.1, 0.15) is 48.0 Å². The van der Waals surface area contributed by atoms with Crippen molar-refractivity contribution >= 4 is 12.1 Å². The van der Waals surface area contributed by atoms with E-state index in [-0.39, 0.29) is 13.0 Å². The molecule has 8 nitrogen and oxygen atoms in total. The molecule has 8 heteroatoms. The summed E-state index contributed by atoms with van der Waals surface area (Å²) in [6, 6.07) is -1.78. The van der Waals surface area contributed by atoms with Crippen molar-refractivity contribution < 1.29 is 29.6 Å². The number of nitrogens with one attached hydrogen (secondary N) is 1. The van der Waals surface area contributed by atoms with Crippen molar-refractivity contribution in [1.82, 2.24) is 10.2 Å². The molecule has 0 aliphatic carbocycles. The quantitative estimate of drug-likeness (QED) is 0.593. The lowest BCUT2D eigenvalue weighted by molar-refractivity contribution is -0.148. The van der Waals surface area contributed by atoms with Gasteiger partial charge in [-0.2, -0.15) is 0 Å². The largest absolute Gasteiger partial charge is 0.480 e. The maximum atomic E-state index is 12.1. The fourth-order valence-corrected chi connectivity index (χ4v) is 2.74. The Morgan fingerprint density at radius 2 is 1.75 bits per heavy atom. The van der Waals surface area contributed by atoms with Crippen LogP contribution in [0, 0.1) is 5.41 Å². The van der Waals surface area contributed by atoms with E-state index in [0.717, 1.165) is 0 Å². The van der Waals surface area contributed by atoms with Crippen molar-refractivity contribution in [1.29, 1.82) is 0 Å². The molecule has 24 heavy (non-hydrogen) atoms. The summed E-state index contributed by atoms with van der Waals surface area (Å²) in [4.78, 5) is 24.8. The molecular formula is C16H30N2O6. The second-order valence-electron chi connectivity index (χ2n) is 8.34. The molecule has 4 N–H and O–H groups in total. The molecule has 0 spiro atoms. The number of carbonyl (C=O) groups is 2. The van der Waals surface area contributed by atoms with Crippen LogP contribution in [0.25, 0.3) is 0 Å². The van der Waals surface area contributed by atoms with Gasteiger partial charge in [-0.25, -0.2) is 4.79 Å². The summed E-state index contributed by atoms with van der Waals surface area (Å²) in [5.41, 5.74) is -1.25. The highest BCUT2D eigenvalue weighted by atomic mass is 16.6. The lowest BCUT2D eigenvalue weighted by Gasteiger charge is -2.40. The monoisotopic (exact) mass is 346 g/mol. The number of likely N-dealkylation sites (tertiary alicyclic amines) is 1. The highest BCUT2D eigenvalue weighted by Crippen LogP contribution is 2.29. The van der Waals surface area contributed by atoms with Gasteiger partial charge < -0.3 is 25.4 Å². The summed E-state index contributed by atoms with van der Waals surface area (Å²) in [6.45, 7) is 10.7. The molecule has 0 radical (unpaired) electrons. The van der Waals surface area contributed by atoms with Crippen LogP contribution < -0.4 is 5.32 Å². The molecule has 1 aliphatic heterocycles. The Labute approximate surface area is 142 Å². The van der Waals surface area contributed by atoms with E-state index in [1.54, 1.807) is 20.8 Å². The van der Waals surface area contributed by atoms with Crippen LogP contribution in [0.5, 0.6) is 0 Å². The number of hydrogen-bond acceptors (Lipinski definition) is 6. The molecule has 1 saturated heterocycles. The van der Waals surface area contributed by atoms with E-state index >= 15 is 0 Å². The van der Waals surface area contributed by atoms with Gasteiger partial charge in [0.1, 0.15) is 17.9 Å². The topological polar surface area (TPSA) is 119 Å². The van der Waals surface area contributed by atoms with Crippen molar-refractivity contribution in [3.63, 3.8) is 0 Å². The van der Waals surface area contributed by atoms with Crippen molar-refractivity contribution in [3.05, 3.63) is 0 Å². The second-order valence-corrected chi connectivity index (χ2v) is 8.34. The Morgan fingerprint density at radius 1 is 1.21 bits per heavy atom. The number of β-amino-alcohol motifs (C(OH)–C–C–N with tert-alkyl or cyclic N) is 1. The minimum absolute atomic E-state index is 0.0285. The first-order valence-corrected chi connectivity index (χ1v) is 8.06. The number of hydrogen-bond donors (Lipinski definition) is 4. The van der Waals surface area contributed by atoms with Gasteiger partial charge in [-0.15, -0.1) is 0 Å². The SMILES string of the molecule is CC(C)(C)OC(=O)N[C@H](C(O)N1C[C@H](O)C[C@H]1C(=O)O)C(C)(C)C. The Balaban J connectivity index is 2.95. The fourth-order valence-electron chi connectivity index (χ4n) is 2.74. The summed E-state index contributed by atoms with van der Waals surface area (Å²) >= 11 is 0. The van der Waals surface area contributed by atoms with Gasteiger partial charge in [0.25, 0.3) is 0 Å². The molecule has 1 unspecified atom stereocenters. The number of aliphatic carboxylic acids is 1. The van der Waals surface area contributed by atoms with Crippen molar-refractivity contribution in [2.24, 2.45) is 5.41 Å². The number of alkyl carbamates (subject to hydrolysis) is 1. The van der Waals surface area contributed by atoms with Gasteiger partial charge in [-0.1, -0.05) is 20.8 Å². The first-order chi connectivity index (χ1) is 10.7. The molecule has 0 aromatic heterocycles. The Kier molecular flexibility index (Phi) is 6.24. The number of nitrogens with zero attached hydrogens (tertiary/aromatic N) is 1. The van der Waals surface area contributed by atoms with Crippen molar-refractivity contribution in [2.45, 2.75) is 78.0 Å². The summed E-state index contributed by atoms with van der Waals surface area (Å²) < 4.78 is 5.23. The maximum absolute atomic E-state index is 12.1. The minimum atomic E-state index is -1.27. The number of carboxylic acid groups (broad SMARTS) is 1. The van der Waals surface area contributed by atoms with Gasteiger partial charge in [-0.3, -0.25) is 9.69 Å². The standard InChI is InChI=1S/C16H30N2O6/c1-15(2,3)11(17-14(23)24-16(4,5)6)12(20)18-8-9(19)7-10(18)13(21)22/h9-12,19-20H,7-8H2,1-6H3,(H,17,23)(H,21,22)/t9-,10+,11-,12?/m1/s1. The van der Waals surface area contributed by atoms with Crippen LogP contribution in [0.4, 0.5) is 4.79 Å². The average Bonchev–Trinajstić information content (AvgIpc) is 2.74. The Hall–Kier alpha value is -1.38. The number of carbonyl (C=O) groups excluding carboxylic acids is 1. The molecular weight excluding hydrogens is 316 g/mol. The minimum Gasteiger partial charge on any atom is -0.480 e. The van der Waals surface area contributed by atoms with Crippen LogP contribution in [-0.2, 0) is 9.53 Å². The molecule has 1 rings (SSSR count). The highest BCUT2D eigenvalue weighted by molar-refractivity contribution is 5.74. The zero-order chi connectivity index (χ0) is 18.9. The molecule has 0 bridgehead atoms. The van der Waals surface area contributed by atoms with Gasteiger partial charge in [0.2, 0.25) is 0 Å². The summed E-state index contributed by atoms with van der Waals surface area (Å²) in [5.74, 6) is -1.12. The van der Waals surface area contributed by atoms with E-state index in [1.165, 1.54) is 4.90 Å². The van der Waals surface area contributed by atoms with E-state index in [2.05, 4.69) is 5.32 Å². The third-order valence-electron chi connectivity index (χ3n) is 3.85. The van der Waals surface area contributed by atoms with E-state index in [4.69, 9.17) is 4.74 Å². The van der Waals surface area contributed by atoms with E-state index in [9.17, 15) is 24.9 Å². The average molecular weight is 346 g/mol. The zero-order valence-corrected chi connectivity index (χ0v) is 15.2. The second kappa shape index (κ2) is 7.25. The fraction of sp³-hybridized carbons (Fsp3) is 0.875. The lowest BCUT2D eigenvalue weighted by Crippen LogP contribution is -2.59. The Morgan fingerprint density at radius 3 is 2.17 bits per heavy atom. The van der Waals surface area contributed by atoms with Crippen LogP contribution in [0.15, 0.2) is 0 Å². The predicted octanol–water partition coefficient (Wildman–Crippen LogP) is 0.764. The summed E-state index contributed by atoms with van der Waals surface area (Å²) in [5, 5.41) is 32.4.